The molecule has 2 rings (SSSR count). The number of furan rings is 1. The van der Waals surface area contributed by atoms with Crippen LogP contribution >= 0.6 is 0 Å². The van der Waals surface area contributed by atoms with Gasteiger partial charge < -0.3 is 4.42 Å². The fraction of sp³-hybridized carbons (Fsp3) is 0.500. The molecule has 110 valence electrons. The van der Waals surface area contributed by atoms with Crippen molar-refractivity contribution in [2.75, 3.05) is 6.54 Å². The Bertz CT molecular complexity index is 646. The number of nitriles is 1. The van der Waals surface area contributed by atoms with Gasteiger partial charge in [0, 0.05) is 13.0 Å². The highest BCUT2D eigenvalue weighted by Crippen LogP contribution is 2.38. The van der Waals surface area contributed by atoms with Crippen molar-refractivity contribution < 1.29 is 30.4 Å². The maximum absolute atomic E-state index is 13.2. The van der Waals surface area contributed by atoms with E-state index >= 15 is 0 Å². The molecule has 0 aliphatic carbocycles. The first-order valence-corrected chi connectivity index (χ1v) is 6.82. The summed E-state index contributed by atoms with van der Waals surface area (Å²) in [6.45, 7) is -0.900. The zero-order chi connectivity index (χ0) is 15.1. The van der Waals surface area contributed by atoms with Crippen LogP contribution in [0.1, 0.15) is 12.2 Å². The van der Waals surface area contributed by atoms with Crippen LogP contribution in [0, 0.1) is 11.3 Å². The number of hydrogen-bond acceptors (Lipinski definition) is 4. The van der Waals surface area contributed by atoms with Gasteiger partial charge in [0.2, 0.25) is 15.8 Å². The summed E-state index contributed by atoms with van der Waals surface area (Å²) in [4.78, 5) is -0.691. The third-order valence-corrected chi connectivity index (χ3v) is 4.80. The highest BCUT2D eigenvalue weighted by molar-refractivity contribution is 7.89. The Morgan fingerprint density at radius 3 is 2.65 bits per heavy atom. The van der Waals surface area contributed by atoms with Gasteiger partial charge in [0.05, 0.1) is 6.26 Å². The van der Waals surface area contributed by atoms with Crippen molar-refractivity contribution in [3.63, 3.8) is 0 Å². The van der Waals surface area contributed by atoms with Gasteiger partial charge in [-0.25, -0.2) is 12.8 Å². The van der Waals surface area contributed by atoms with Crippen LogP contribution in [0.5, 0.6) is 0 Å². The molecule has 1 fully saturated rings. The first-order chi connectivity index (χ1) is 9.17. The summed E-state index contributed by atoms with van der Waals surface area (Å²) in [6, 6.07) is -0.150. The predicted octanol–water partition coefficient (Wildman–Crippen LogP) is 1.81. The maximum Gasteiger partial charge on any atom is 0.405 e. The van der Waals surface area contributed by atoms with E-state index in [1.807, 2.05) is 0 Å². The molecule has 20 heavy (non-hydrogen) atoms. The van der Waals surface area contributed by atoms with Crippen molar-refractivity contribution >= 4 is 10.0 Å². The third kappa shape index (κ3) is 2.38. The second kappa shape index (κ2) is 4.75. The van der Waals surface area contributed by atoms with Crippen LogP contribution in [0.3, 0.4) is 0 Å². The Hall–Kier alpha value is -1.60. The van der Waals surface area contributed by atoms with E-state index in [2.05, 4.69) is 4.42 Å². The van der Waals surface area contributed by atoms with Crippen LogP contribution in [0.25, 0.3) is 0 Å². The van der Waals surface area contributed by atoms with Crippen LogP contribution in [0.4, 0.5) is 17.6 Å². The highest BCUT2D eigenvalue weighted by atomic mass is 32.2. The molecule has 1 aromatic rings. The number of hydrogen-bond donors (Lipinski definition) is 0. The average molecular weight is 312 g/mol. The van der Waals surface area contributed by atoms with E-state index in [4.69, 9.17) is 5.26 Å². The highest BCUT2D eigenvalue weighted by Gasteiger charge is 2.54. The molecule has 0 spiro atoms. The fourth-order valence-corrected chi connectivity index (χ4v) is 3.73. The number of sulfonamides is 1. The average Bonchev–Trinajstić information content (AvgIpc) is 2.93. The smallest absolute Gasteiger partial charge is 0.405 e. The van der Waals surface area contributed by atoms with Crippen LogP contribution < -0.4 is 0 Å². The quantitative estimate of drug-likeness (QED) is 0.781. The SMILES string of the molecule is N#Cc1occc1S(=O)(=O)N1C[C@@H](F)C[C@@H]1C(F)(F)F. The van der Waals surface area contributed by atoms with Gasteiger partial charge in [0.15, 0.2) is 0 Å². The minimum Gasteiger partial charge on any atom is -0.452 e. The number of halogens is 4. The summed E-state index contributed by atoms with van der Waals surface area (Å²) in [5.41, 5.74) is 0. The monoisotopic (exact) mass is 312 g/mol. The molecule has 1 aliphatic rings. The lowest BCUT2D eigenvalue weighted by atomic mass is 10.2. The summed E-state index contributed by atoms with van der Waals surface area (Å²) in [7, 11) is -4.65. The second-order valence-corrected chi connectivity index (χ2v) is 6.05. The molecule has 0 N–H and O–H groups in total. The second-order valence-electron chi connectivity index (χ2n) is 4.19. The van der Waals surface area contributed by atoms with E-state index in [1.165, 1.54) is 6.07 Å². The van der Waals surface area contributed by atoms with Gasteiger partial charge in [0.1, 0.15) is 23.2 Å². The zero-order valence-corrected chi connectivity index (χ0v) is 10.6. The Balaban J connectivity index is 2.46. The largest absolute Gasteiger partial charge is 0.452 e. The van der Waals surface area contributed by atoms with Gasteiger partial charge in [-0.3, -0.25) is 0 Å². The molecule has 10 heteroatoms. The van der Waals surface area contributed by atoms with Crippen LogP contribution in [-0.4, -0.2) is 37.7 Å². The third-order valence-electron chi connectivity index (χ3n) is 2.90. The van der Waals surface area contributed by atoms with E-state index in [0.717, 1.165) is 12.3 Å². The van der Waals surface area contributed by atoms with Crippen LogP contribution in [0.2, 0.25) is 0 Å². The van der Waals surface area contributed by atoms with Crippen molar-refractivity contribution in [2.24, 2.45) is 0 Å². The van der Waals surface area contributed by atoms with E-state index in [0.29, 0.717) is 0 Å². The van der Waals surface area contributed by atoms with Crippen molar-refractivity contribution in [3.05, 3.63) is 18.1 Å². The summed E-state index contributed by atoms with van der Waals surface area (Å²) >= 11 is 0. The molecule has 0 radical (unpaired) electrons. The Morgan fingerprint density at radius 1 is 1.45 bits per heavy atom. The Labute approximate surface area is 111 Å². The molecular weight excluding hydrogens is 304 g/mol. The van der Waals surface area contributed by atoms with E-state index in [-0.39, 0.29) is 4.31 Å². The summed E-state index contributed by atoms with van der Waals surface area (Å²) in [6.07, 6.45) is -6.88. The summed E-state index contributed by atoms with van der Waals surface area (Å²) < 4.78 is 80.4. The van der Waals surface area contributed by atoms with Crippen molar-refractivity contribution in [1.82, 2.24) is 4.31 Å². The zero-order valence-electron chi connectivity index (χ0n) is 9.76. The predicted molar refractivity (Wildman–Crippen MR) is 56.7 cm³/mol. The first-order valence-electron chi connectivity index (χ1n) is 5.38. The standard InChI is InChI=1S/C10H8F4N2O3S/c11-6-3-9(10(12,13)14)16(5-6)20(17,18)8-1-2-19-7(8)4-15/h1-2,6,9H,3,5H2/t6-,9+/m0/s1. The van der Waals surface area contributed by atoms with Crippen molar-refractivity contribution in [1.29, 1.82) is 5.26 Å². The molecule has 0 bridgehead atoms. The molecule has 1 aromatic heterocycles. The van der Waals surface area contributed by atoms with Gasteiger partial charge in [-0.05, 0) is 6.07 Å². The molecule has 2 atom stereocenters. The number of alkyl halides is 4. The summed E-state index contributed by atoms with van der Waals surface area (Å²) in [5.74, 6) is -0.631. The van der Waals surface area contributed by atoms with Gasteiger partial charge in [0.25, 0.3) is 0 Å². The van der Waals surface area contributed by atoms with Crippen molar-refractivity contribution in [2.45, 2.75) is 29.7 Å². The Morgan fingerprint density at radius 2 is 2.10 bits per heavy atom. The molecule has 0 amide bonds. The van der Waals surface area contributed by atoms with E-state index < -0.39 is 52.0 Å². The molecule has 2 heterocycles. The topological polar surface area (TPSA) is 74.3 Å². The van der Waals surface area contributed by atoms with Crippen molar-refractivity contribution in [3.8, 4) is 6.07 Å². The lowest BCUT2D eigenvalue weighted by Gasteiger charge is -2.24. The van der Waals surface area contributed by atoms with Gasteiger partial charge in [-0.15, -0.1) is 0 Å². The lowest BCUT2D eigenvalue weighted by Crippen LogP contribution is -2.44. The summed E-state index contributed by atoms with van der Waals surface area (Å²) in [5, 5.41) is 8.67. The van der Waals surface area contributed by atoms with Crippen LogP contribution in [-0.2, 0) is 10.0 Å². The minimum absolute atomic E-state index is 0.0311. The van der Waals surface area contributed by atoms with Gasteiger partial charge in [-0.2, -0.15) is 22.7 Å². The fourth-order valence-electron chi connectivity index (χ4n) is 2.03. The lowest BCUT2D eigenvalue weighted by molar-refractivity contribution is -0.165. The molecule has 0 saturated carbocycles. The van der Waals surface area contributed by atoms with E-state index in [9.17, 15) is 26.0 Å². The van der Waals surface area contributed by atoms with E-state index in [1.54, 1.807) is 0 Å². The number of rotatable bonds is 2. The maximum atomic E-state index is 13.2. The first kappa shape index (κ1) is 14.8. The normalized spacial score (nSPS) is 24.8. The molecule has 1 aliphatic heterocycles. The minimum atomic E-state index is -4.88. The van der Waals surface area contributed by atoms with Gasteiger partial charge >= 0.3 is 6.18 Å². The van der Waals surface area contributed by atoms with Gasteiger partial charge in [-0.1, -0.05) is 0 Å². The molecular formula is C10H8F4N2O3S. The Kier molecular flexibility index (Phi) is 3.51. The molecule has 0 unspecified atom stereocenters. The molecule has 5 nitrogen and oxygen atoms in total. The number of nitrogens with zero attached hydrogens (tertiary/aromatic N) is 2. The van der Waals surface area contributed by atoms with Crippen LogP contribution in [0.15, 0.2) is 21.6 Å². The molecule has 0 aromatic carbocycles. The molecule has 1 saturated heterocycles.